The molecule has 1 fully saturated rings. The van der Waals surface area contributed by atoms with E-state index in [4.69, 9.17) is 4.42 Å². The molecule has 22 heavy (non-hydrogen) atoms. The van der Waals surface area contributed by atoms with Crippen molar-refractivity contribution < 1.29 is 14.3 Å². The summed E-state index contributed by atoms with van der Waals surface area (Å²) >= 11 is 0. The summed E-state index contributed by atoms with van der Waals surface area (Å²) in [5.74, 6) is 1.22. The number of nitrogens with zero attached hydrogens (tertiary/aromatic N) is 4. The summed E-state index contributed by atoms with van der Waals surface area (Å²) in [5.41, 5.74) is -0.566. The highest BCUT2D eigenvalue weighted by Gasteiger charge is 2.29. The normalized spacial score (nSPS) is 13.8. The first-order valence-corrected chi connectivity index (χ1v) is 6.53. The van der Waals surface area contributed by atoms with Gasteiger partial charge in [0, 0.05) is 12.0 Å². The Morgan fingerprint density at radius 1 is 1.23 bits per heavy atom. The van der Waals surface area contributed by atoms with Crippen LogP contribution in [-0.2, 0) is 6.54 Å². The van der Waals surface area contributed by atoms with Crippen molar-refractivity contribution in [3.8, 4) is 0 Å². The predicted octanol–water partition coefficient (Wildman–Crippen LogP) is 2.38. The number of nitro groups is 2. The number of rotatable bonds is 6. The minimum atomic E-state index is -0.684. The molecule has 10 heteroatoms. The molecule has 0 radical (unpaired) electrons. The van der Waals surface area contributed by atoms with Crippen LogP contribution in [0.2, 0.25) is 0 Å². The molecular formula is C12H11N5O5. The molecule has 114 valence electrons. The van der Waals surface area contributed by atoms with Gasteiger partial charge in [0.25, 0.3) is 11.4 Å². The standard InChI is InChI=1S/C12H11N5O5/c18-16(19)8-3-4-9(10(5-8)17(20)21)13-6-11-14-15-12(22-11)7-1-2-7/h3-5,7,13H,1-2,6H2. The molecule has 0 spiro atoms. The van der Waals surface area contributed by atoms with Crippen molar-refractivity contribution in [1.29, 1.82) is 0 Å². The number of hydrogen-bond donors (Lipinski definition) is 1. The van der Waals surface area contributed by atoms with E-state index in [1.165, 1.54) is 12.1 Å². The van der Waals surface area contributed by atoms with Gasteiger partial charge in [0.1, 0.15) is 5.69 Å². The minimum absolute atomic E-state index is 0.109. The van der Waals surface area contributed by atoms with Crippen LogP contribution in [0.3, 0.4) is 0 Å². The van der Waals surface area contributed by atoms with Crippen LogP contribution in [0.1, 0.15) is 30.5 Å². The Morgan fingerprint density at radius 2 is 2.00 bits per heavy atom. The highest BCUT2D eigenvalue weighted by atomic mass is 16.6. The predicted molar refractivity (Wildman–Crippen MR) is 73.4 cm³/mol. The van der Waals surface area contributed by atoms with E-state index in [1.54, 1.807) is 0 Å². The van der Waals surface area contributed by atoms with E-state index in [0.29, 0.717) is 17.7 Å². The number of non-ortho nitro benzene ring substituents is 1. The van der Waals surface area contributed by atoms with Crippen molar-refractivity contribution >= 4 is 17.1 Å². The average molecular weight is 305 g/mol. The van der Waals surface area contributed by atoms with Crippen molar-refractivity contribution in [2.45, 2.75) is 25.3 Å². The summed E-state index contributed by atoms with van der Waals surface area (Å²) in [6, 6.07) is 3.39. The fourth-order valence-electron chi connectivity index (χ4n) is 1.94. The molecule has 0 amide bonds. The van der Waals surface area contributed by atoms with Gasteiger partial charge in [-0.2, -0.15) is 0 Å². The summed E-state index contributed by atoms with van der Waals surface area (Å²) in [7, 11) is 0. The van der Waals surface area contributed by atoms with Gasteiger partial charge >= 0.3 is 0 Å². The van der Waals surface area contributed by atoms with E-state index in [0.717, 1.165) is 18.9 Å². The van der Waals surface area contributed by atoms with Crippen LogP contribution >= 0.6 is 0 Å². The SMILES string of the molecule is O=[N+]([O-])c1ccc(NCc2nnc(C3CC3)o2)c([N+](=O)[O-])c1. The molecule has 1 aliphatic rings. The zero-order valence-electron chi connectivity index (χ0n) is 11.3. The van der Waals surface area contributed by atoms with Crippen molar-refractivity contribution in [3.05, 3.63) is 50.2 Å². The van der Waals surface area contributed by atoms with Gasteiger partial charge in [-0.25, -0.2) is 0 Å². The lowest BCUT2D eigenvalue weighted by atomic mass is 10.2. The summed E-state index contributed by atoms with van der Waals surface area (Å²) in [5, 5.41) is 32.2. The quantitative estimate of drug-likeness (QED) is 0.634. The van der Waals surface area contributed by atoms with E-state index in [2.05, 4.69) is 15.5 Å². The van der Waals surface area contributed by atoms with Crippen molar-refractivity contribution in [2.75, 3.05) is 5.32 Å². The molecule has 10 nitrogen and oxygen atoms in total. The molecule has 0 atom stereocenters. The summed E-state index contributed by atoms with van der Waals surface area (Å²) < 4.78 is 5.43. The summed E-state index contributed by atoms with van der Waals surface area (Å²) in [4.78, 5) is 20.3. The van der Waals surface area contributed by atoms with Gasteiger partial charge in [0.05, 0.1) is 22.5 Å². The Balaban J connectivity index is 1.75. The summed E-state index contributed by atoms with van der Waals surface area (Å²) in [6.07, 6.45) is 2.06. The van der Waals surface area contributed by atoms with Gasteiger partial charge in [0.15, 0.2) is 0 Å². The molecule has 3 rings (SSSR count). The molecule has 1 heterocycles. The maximum Gasteiger partial charge on any atom is 0.299 e. The molecule has 0 bridgehead atoms. The first-order chi connectivity index (χ1) is 10.5. The third-order valence-electron chi connectivity index (χ3n) is 3.23. The van der Waals surface area contributed by atoms with Crippen molar-refractivity contribution in [1.82, 2.24) is 10.2 Å². The zero-order valence-corrected chi connectivity index (χ0v) is 11.3. The van der Waals surface area contributed by atoms with Gasteiger partial charge in [-0.3, -0.25) is 20.2 Å². The van der Waals surface area contributed by atoms with Crippen LogP contribution in [0.25, 0.3) is 0 Å². The molecule has 1 N–H and O–H groups in total. The second-order valence-electron chi connectivity index (χ2n) is 4.88. The molecule has 0 aliphatic heterocycles. The molecule has 1 aromatic carbocycles. The topological polar surface area (TPSA) is 137 Å². The number of nitro benzene ring substituents is 2. The van der Waals surface area contributed by atoms with Crippen LogP contribution < -0.4 is 5.32 Å². The van der Waals surface area contributed by atoms with Crippen molar-refractivity contribution in [2.24, 2.45) is 0 Å². The highest BCUT2D eigenvalue weighted by Crippen LogP contribution is 2.39. The number of aromatic nitrogens is 2. The fourth-order valence-corrected chi connectivity index (χ4v) is 1.94. The maximum absolute atomic E-state index is 11.0. The molecule has 1 aromatic heterocycles. The minimum Gasteiger partial charge on any atom is -0.423 e. The fraction of sp³-hybridized carbons (Fsp3) is 0.333. The molecule has 1 saturated carbocycles. The second kappa shape index (κ2) is 5.39. The maximum atomic E-state index is 11.0. The number of nitrogens with one attached hydrogen (secondary N) is 1. The Hall–Kier alpha value is -3.04. The molecular weight excluding hydrogens is 294 g/mol. The van der Waals surface area contributed by atoms with E-state index in [-0.39, 0.29) is 23.6 Å². The van der Waals surface area contributed by atoms with Crippen LogP contribution in [0.4, 0.5) is 17.1 Å². The van der Waals surface area contributed by atoms with Crippen LogP contribution in [0.15, 0.2) is 22.6 Å². The molecule has 0 saturated heterocycles. The van der Waals surface area contributed by atoms with Crippen LogP contribution in [0.5, 0.6) is 0 Å². The van der Waals surface area contributed by atoms with Gasteiger partial charge in [-0.05, 0) is 18.9 Å². The number of hydrogen-bond acceptors (Lipinski definition) is 8. The Labute approximate surface area is 123 Å². The second-order valence-corrected chi connectivity index (χ2v) is 4.88. The monoisotopic (exact) mass is 305 g/mol. The Kier molecular flexibility index (Phi) is 3.41. The van der Waals surface area contributed by atoms with E-state index < -0.39 is 9.85 Å². The van der Waals surface area contributed by atoms with Gasteiger partial charge in [-0.15, -0.1) is 10.2 Å². The Morgan fingerprint density at radius 3 is 2.64 bits per heavy atom. The smallest absolute Gasteiger partial charge is 0.299 e. The first-order valence-electron chi connectivity index (χ1n) is 6.53. The van der Waals surface area contributed by atoms with Crippen LogP contribution in [0, 0.1) is 20.2 Å². The molecule has 1 aliphatic carbocycles. The van der Waals surface area contributed by atoms with Gasteiger partial charge < -0.3 is 9.73 Å². The summed E-state index contributed by atoms with van der Waals surface area (Å²) in [6.45, 7) is 0.109. The lowest BCUT2D eigenvalue weighted by Gasteiger charge is -2.04. The van der Waals surface area contributed by atoms with Crippen molar-refractivity contribution in [3.63, 3.8) is 0 Å². The number of benzene rings is 1. The molecule has 0 unspecified atom stereocenters. The lowest BCUT2D eigenvalue weighted by molar-refractivity contribution is -0.393. The highest BCUT2D eigenvalue weighted by molar-refractivity contribution is 5.65. The van der Waals surface area contributed by atoms with E-state index in [9.17, 15) is 20.2 Å². The van der Waals surface area contributed by atoms with Gasteiger partial charge in [0.2, 0.25) is 11.8 Å². The first kappa shape index (κ1) is 13.9. The van der Waals surface area contributed by atoms with E-state index in [1.807, 2.05) is 0 Å². The average Bonchev–Trinajstić information content (AvgIpc) is 3.23. The molecule has 2 aromatic rings. The zero-order chi connectivity index (χ0) is 15.7. The largest absolute Gasteiger partial charge is 0.423 e. The Bertz CT molecular complexity index is 739. The third kappa shape index (κ3) is 2.85. The number of anilines is 1. The lowest BCUT2D eigenvalue weighted by Crippen LogP contribution is -2.03. The third-order valence-corrected chi connectivity index (χ3v) is 3.23. The van der Waals surface area contributed by atoms with Crippen LogP contribution in [-0.4, -0.2) is 20.0 Å². The van der Waals surface area contributed by atoms with E-state index >= 15 is 0 Å². The van der Waals surface area contributed by atoms with Gasteiger partial charge in [-0.1, -0.05) is 0 Å².